The van der Waals surface area contributed by atoms with Gasteiger partial charge in [-0.1, -0.05) is 38.1 Å². The minimum Gasteiger partial charge on any atom is -0.303 e. The van der Waals surface area contributed by atoms with E-state index in [9.17, 15) is 4.79 Å². The van der Waals surface area contributed by atoms with Crippen molar-refractivity contribution in [3.8, 4) is 0 Å². The van der Waals surface area contributed by atoms with Gasteiger partial charge in [0.15, 0.2) is 0 Å². The Bertz CT molecular complexity index is 352. The van der Waals surface area contributed by atoms with Crippen molar-refractivity contribution in [1.82, 2.24) is 0 Å². The first-order valence-electron chi connectivity index (χ1n) is 5.19. The van der Waals surface area contributed by atoms with Gasteiger partial charge in [-0.2, -0.15) is 0 Å². The number of hydrogen-bond donors (Lipinski definition) is 0. The minimum atomic E-state index is -0.216. The highest BCUT2D eigenvalue weighted by atomic mass is 16.1. The molecule has 1 nitrogen and oxygen atoms in total. The fourth-order valence-corrected chi connectivity index (χ4v) is 2.41. The van der Waals surface area contributed by atoms with Crippen molar-refractivity contribution in [2.45, 2.75) is 32.6 Å². The summed E-state index contributed by atoms with van der Waals surface area (Å²) in [7, 11) is 0. The van der Waals surface area contributed by atoms with Gasteiger partial charge in [0.05, 0.1) is 0 Å². The van der Waals surface area contributed by atoms with Crippen molar-refractivity contribution in [3.05, 3.63) is 35.4 Å². The lowest BCUT2D eigenvalue weighted by molar-refractivity contribution is -0.115. The second-order valence-electron chi connectivity index (χ2n) is 4.73. The summed E-state index contributed by atoms with van der Waals surface area (Å²) in [4.78, 5) is 11.0. The first-order chi connectivity index (χ1) is 6.65. The highest BCUT2D eigenvalue weighted by Crippen LogP contribution is 2.43. The van der Waals surface area contributed by atoms with Crippen LogP contribution in [-0.2, 0) is 11.2 Å². The number of carbonyl (C=O) groups is 1. The van der Waals surface area contributed by atoms with Crippen LogP contribution in [0.3, 0.4) is 0 Å². The van der Waals surface area contributed by atoms with Gasteiger partial charge in [0.25, 0.3) is 0 Å². The van der Waals surface area contributed by atoms with Gasteiger partial charge in [-0.05, 0) is 29.9 Å². The van der Waals surface area contributed by atoms with Crippen molar-refractivity contribution >= 4 is 6.29 Å². The summed E-state index contributed by atoms with van der Waals surface area (Å²) < 4.78 is 0. The maximum absolute atomic E-state index is 11.0. The summed E-state index contributed by atoms with van der Waals surface area (Å²) >= 11 is 0. The van der Waals surface area contributed by atoms with Crippen LogP contribution in [0, 0.1) is 5.41 Å². The van der Waals surface area contributed by atoms with Gasteiger partial charge in [0.1, 0.15) is 6.29 Å². The van der Waals surface area contributed by atoms with Crippen LogP contribution in [0.15, 0.2) is 24.3 Å². The van der Waals surface area contributed by atoms with Crippen LogP contribution in [0.5, 0.6) is 0 Å². The molecule has 1 aliphatic rings. The van der Waals surface area contributed by atoms with Gasteiger partial charge in [0.2, 0.25) is 0 Å². The standard InChI is InChI=1S/C13H16O/c1-13(2,9-14)12-8-7-10-5-3-4-6-11(10)12/h3-6,9,12H,7-8H2,1-2H3. The maximum Gasteiger partial charge on any atom is 0.126 e. The summed E-state index contributed by atoms with van der Waals surface area (Å²) in [6.45, 7) is 4.07. The van der Waals surface area contributed by atoms with Crippen LogP contribution in [0.1, 0.15) is 37.3 Å². The number of rotatable bonds is 2. The Morgan fingerprint density at radius 3 is 2.79 bits per heavy atom. The van der Waals surface area contributed by atoms with E-state index in [2.05, 4.69) is 24.3 Å². The SMILES string of the molecule is CC(C)(C=O)C1CCc2ccccc21. The second kappa shape index (κ2) is 3.23. The molecule has 0 bridgehead atoms. The van der Waals surface area contributed by atoms with E-state index in [1.165, 1.54) is 11.1 Å². The average molecular weight is 188 g/mol. The zero-order valence-electron chi connectivity index (χ0n) is 8.79. The van der Waals surface area contributed by atoms with E-state index >= 15 is 0 Å². The van der Waals surface area contributed by atoms with Crippen molar-refractivity contribution < 1.29 is 4.79 Å². The van der Waals surface area contributed by atoms with Crippen LogP contribution < -0.4 is 0 Å². The predicted octanol–water partition coefficient (Wildman–Crippen LogP) is 2.94. The molecule has 0 N–H and O–H groups in total. The largest absolute Gasteiger partial charge is 0.303 e. The summed E-state index contributed by atoms with van der Waals surface area (Å²) in [5.41, 5.74) is 2.59. The molecule has 0 fully saturated rings. The van der Waals surface area contributed by atoms with Gasteiger partial charge >= 0.3 is 0 Å². The lowest BCUT2D eigenvalue weighted by atomic mass is 9.77. The molecule has 0 heterocycles. The number of hydrogen-bond acceptors (Lipinski definition) is 1. The van der Waals surface area contributed by atoms with Crippen molar-refractivity contribution in [1.29, 1.82) is 0 Å². The Labute approximate surface area is 85.1 Å². The molecule has 0 radical (unpaired) electrons. The molecule has 14 heavy (non-hydrogen) atoms. The Morgan fingerprint density at radius 1 is 1.36 bits per heavy atom. The molecule has 0 saturated carbocycles. The first-order valence-corrected chi connectivity index (χ1v) is 5.19. The molecule has 0 aromatic heterocycles. The topological polar surface area (TPSA) is 17.1 Å². The molecule has 1 aromatic carbocycles. The molecule has 0 saturated heterocycles. The van der Waals surface area contributed by atoms with Crippen molar-refractivity contribution in [2.75, 3.05) is 0 Å². The third-order valence-corrected chi connectivity index (χ3v) is 3.33. The van der Waals surface area contributed by atoms with E-state index in [0.29, 0.717) is 5.92 Å². The van der Waals surface area contributed by atoms with Crippen LogP contribution in [-0.4, -0.2) is 6.29 Å². The van der Waals surface area contributed by atoms with Gasteiger partial charge in [-0.3, -0.25) is 0 Å². The minimum absolute atomic E-state index is 0.216. The summed E-state index contributed by atoms with van der Waals surface area (Å²) in [6, 6.07) is 8.49. The van der Waals surface area contributed by atoms with Crippen LogP contribution in [0.25, 0.3) is 0 Å². The first kappa shape index (κ1) is 9.45. The molecular formula is C13H16O. The number of benzene rings is 1. The summed E-state index contributed by atoms with van der Waals surface area (Å²) in [6.07, 6.45) is 3.34. The van der Waals surface area contributed by atoms with E-state index in [1.54, 1.807) is 0 Å². The van der Waals surface area contributed by atoms with Gasteiger partial charge in [-0.25, -0.2) is 0 Å². The smallest absolute Gasteiger partial charge is 0.126 e. The zero-order chi connectivity index (χ0) is 10.2. The molecule has 74 valence electrons. The van der Waals surface area contributed by atoms with Crippen LogP contribution in [0.2, 0.25) is 0 Å². The quantitative estimate of drug-likeness (QED) is 0.652. The van der Waals surface area contributed by atoms with Crippen LogP contribution in [0.4, 0.5) is 0 Å². The Morgan fingerprint density at radius 2 is 2.07 bits per heavy atom. The molecule has 1 atom stereocenters. The van der Waals surface area contributed by atoms with E-state index in [4.69, 9.17) is 0 Å². The lowest BCUT2D eigenvalue weighted by Crippen LogP contribution is -2.21. The molecule has 2 rings (SSSR count). The van der Waals surface area contributed by atoms with Crippen LogP contribution >= 0.6 is 0 Å². The molecule has 1 unspecified atom stereocenters. The number of carbonyl (C=O) groups excluding carboxylic acids is 1. The molecule has 1 aromatic rings. The third kappa shape index (κ3) is 1.37. The normalized spacial score (nSPS) is 20.6. The van der Waals surface area contributed by atoms with E-state index < -0.39 is 0 Å². The molecular weight excluding hydrogens is 172 g/mol. The van der Waals surface area contributed by atoms with Crippen molar-refractivity contribution in [3.63, 3.8) is 0 Å². The summed E-state index contributed by atoms with van der Waals surface area (Å²) in [5, 5.41) is 0. The predicted molar refractivity (Wildman–Crippen MR) is 57.3 cm³/mol. The number of aldehydes is 1. The monoisotopic (exact) mass is 188 g/mol. The molecule has 0 amide bonds. The fraction of sp³-hybridized carbons (Fsp3) is 0.462. The van der Waals surface area contributed by atoms with E-state index in [1.807, 2.05) is 13.8 Å². The van der Waals surface area contributed by atoms with E-state index in [-0.39, 0.29) is 5.41 Å². The van der Waals surface area contributed by atoms with E-state index in [0.717, 1.165) is 19.1 Å². The van der Waals surface area contributed by atoms with Gasteiger partial charge in [0, 0.05) is 5.41 Å². The molecule has 1 aliphatic carbocycles. The second-order valence-corrected chi connectivity index (χ2v) is 4.73. The van der Waals surface area contributed by atoms with Gasteiger partial charge in [-0.15, -0.1) is 0 Å². The molecule has 0 aliphatic heterocycles. The average Bonchev–Trinajstić information content (AvgIpc) is 2.61. The fourth-order valence-electron chi connectivity index (χ4n) is 2.41. The zero-order valence-corrected chi connectivity index (χ0v) is 8.79. The Hall–Kier alpha value is -1.11. The highest BCUT2D eigenvalue weighted by molar-refractivity contribution is 5.61. The van der Waals surface area contributed by atoms with Gasteiger partial charge < -0.3 is 4.79 Å². The lowest BCUT2D eigenvalue weighted by Gasteiger charge is -2.26. The molecule has 0 spiro atoms. The number of fused-ring (bicyclic) bond motifs is 1. The Kier molecular flexibility index (Phi) is 2.18. The maximum atomic E-state index is 11.0. The third-order valence-electron chi connectivity index (χ3n) is 3.33. The van der Waals surface area contributed by atoms with Crippen molar-refractivity contribution in [2.24, 2.45) is 5.41 Å². The Balaban J connectivity index is 2.39. The highest BCUT2D eigenvalue weighted by Gasteiger charge is 2.34. The summed E-state index contributed by atoms with van der Waals surface area (Å²) in [5.74, 6) is 0.413. The molecule has 1 heteroatoms. The number of aryl methyl sites for hydroxylation is 1.